The zero-order chi connectivity index (χ0) is 18.9. The average molecular weight is 370 g/mol. The third-order valence-electron chi connectivity index (χ3n) is 4.22. The van der Waals surface area contributed by atoms with Gasteiger partial charge >= 0.3 is 0 Å². The molecule has 7 heteroatoms. The minimum atomic E-state index is 0.256. The summed E-state index contributed by atoms with van der Waals surface area (Å²) >= 11 is 0. The van der Waals surface area contributed by atoms with Crippen LogP contribution < -0.4 is 15.0 Å². The number of rotatable bonds is 8. The fourth-order valence-electron chi connectivity index (χ4n) is 2.76. The molecule has 1 saturated heterocycles. The first-order chi connectivity index (χ1) is 13.2. The van der Waals surface area contributed by atoms with Crippen molar-refractivity contribution in [3.63, 3.8) is 0 Å². The monoisotopic (exact) mass is 370 g/mol. The van der Waals surface area contributed by atoms with Crippen molar-refractivity contribution in [2.24, 2.45) is 4.99 Å². The summed E-state index contributed by atoms with van der Waals surface area (Å²) in [7, 11) is 1.89. The first-order valence-electron chi connectivity index (χ1n) is 9.14. The molecule has 1 aliphatic rings. The molecule has 0 amide bonds. The number of aromatic nitrogens is 1. The van der Waals surface area contributed by atoms with E-state index in [1.807, 2.05) is 31.3 Å². The molecule has 1 fully saturated rings. The molecule has 0 aliphatic carbocycles. The van der Waals surface area contributed by atoms with Crippen LogP contribution in [0.4, 0.5) is 5.69 Å². The maximum Gasteiger partial charge on any atom is 0.215 e. The zero-order valence-corrected chi connectivity index (χ0v) is 15.6. The van der Waals surface area contributed by atoms with E-state index in [0.29, 0.717) is 19.0 Å². The lowest BCUT2D eigenvalue weighted by atomic mass is 10.2. The van der Waals surface area contributed by atoms with Crippen LogP contribution >= 0.6 is 0 Å². The van der Waals surface area contributed by atoms with Crippen molar-refractivity contribution in [1.82, 2.24) is 10.3 Å². The van der Waals surface area contributed by atoms with Gasteiger partial charge in [-0.05, 0) is 30.8 Å². The maximum atomic E-state index is 9.35. The molecule has 1 aromatic heterocycles. The molecule has 144 valence electrons. The number of phenols is 1. The van der Waals surface area contributed by atoms with Gasteiger partial charge < -0.3 is 24.8 Å². The highest BCUT2D eigenvalue weighted by molar-refractivity contribution is 5.79. The van der Waals surface area contributed by atoms with E-state index in [0.717, 1.165) is 49.8 Å². The molecule has 1 aromatic carbocycles. The second kappa shape index (κ2) is 9.89. The van der Waals surface area contributed by atoms with E-state index in [-0.39, 0.29) is 5.75 Å². The molecule has 0 unspecified atom stereocenters. The number of benzene rings is 1. The summed E-state index contributed by atoms with van der Waals surface area (Å²) in [5.41, 5.74) is 2.86. The Hall–Kier alpha value is -2.64. The Morgan fingerprint density at radius 3 is 2.78 bits per heavy atom. The summed E-state index contributed by atoms with van der Waals surface area (Å²) in [6.07, 6.45) is 1.77. The van der Waals surface area contributed by atoms with Crippen LogP contribution in [0.1, 0.15) is 11.3 Å². The molecule has 0 saturated carbocycles. The number of pyridine rings is 1. The summed E-state index contributed by atoms with van der Waals surface area (Å²) in [5, 5.41) is 12.4. The van der Waals surface area contributed by atoms with Crippen molar-refractivity contribution in [3.8, 4) is 11.6 Å². The number of morpholine rings is 1. The van der Waals surface area contributed by atoms with E-state index in [1.54, 1.807) is 18.3 Å². The number of aromatic hydroxyl groups is 1. The molecule has 0 bridgehead atoms. The van der Waals surface area contributed by atoms with E-state index in [2.05, 4.69) is 20.2 Å². The van der Waals surface area contributed by atoms with Gasteiger partial charge in [-0.1, -0.05) is 12.1 Å². The summed E-state index contributed by atoms with van der Waals surface area (Å²) in [5.74, 6) is 0.853. The van der Waals surface area contributed by atoms with Crippen LogP contribution in [0.2, 0.25) is 0 Å². The Balaban J connectivity index is 1.73. The van der Waals surface area contributed by atoms with Crippen LogP contribution in [-0.2, 0) is 11.3 Å². The van der Waals surface area contributed by atoms with E-state index < -0.39 is 0 Å². The van der Waals surface area contributed by atoms with Gasteiger partial charge in [-0.3, -0.25) is 4.99 Å². The van der Waals surface area contributed by atoms with E-state index in [4.69, 9.17) is 9.47 Å². The molecule has 2 aromatic rings. The van der Waals surface area contributed by atoms with Crippen LogP contribution in [-0.4, -0.2) is 62.8 Å². The predicted octanol–water partition coefficient (Wildman–Crippen LogP) is 1.84. The predicted molar refractivity (Wildman–Crippen MR) is 106 cm³/mol. The fraction of sp³-hybridized carbons (Fsp3) is 0.400. The summed E-state index contributed by atoms with van der Waals surface area (Å²) in [6.45, 7) is 4.99. The van der Waals surface area contributed by atoms with Crippen LogP contribution in [0.25, 0.3) is 0 Å². The second-order valence-electron chi connectivity index (χ2n) is 6.28. The van der Waals surface area contributed by atoms with Crippen molar-refractivity contribution < 1.29 is 14.6 Å². The largest absolute Gasteiger partial charge is 0.508 e. The van der Waals surface area contributed by atoms with E-state index >= 15 is 0 Å². The summed E-state index contributed by atoms with van der Waals surface area (Å²) < 4.78 is 11.2. The minimum Gasteiger partial charge on any atom is -0.508 e. The van der Waals surface area contributed by atoms with Gasteiger partial charge in [-0.25, -0.2) is 4.98 Å². The van der Waals surface area contributed by atoms with Crippen LogP contribution in [0.5, 0.6) is 11.6 Å². The molecule has 0 radical (unpaired) electrons. The van der Waals surface area contributed by atoms with Crippen LogP contribution in [0.3, 0.4) is 0 Å². The van der Waals surface area contributed by atoms with E-state index in [9.17, 15) is 5.11 Å². The topological polar surface area (TPSA) is 79.2 Å². The molecular formula is C20H26N4O3. The second-order valence-corrected chi connectivity index (χ2v) is 6.28. The molecular weight excluding hydrogens is 344 g/mol. The lowest BCUT2D eigenvalue weighted by molar-refractivity contribution is 0.122. The maximum absolute atomic E-state index is 9.35. The number of nitrogens with one attached hydrogen (secondary N) is 1. The smallest absolute Gasteiger partial charge is 0.215 e. The van der Waals surface area contributed by atoms with Gasteiger partial charge in [0, 0.05) is 37.6 Å². The van der Waals surface area contributed by atoms with Crippen molar-refractivity contribution in [1.29, 1.82) is 0 Å². The molecule has 0 spiro atoms. The molecule has 27 heavy (non-hydrogen) atoms. The summed E-state index contributed by atoms with van der Waals surface area (Å²) in [4.78, 5) is 11.3. The standard InChI is InChI=1S/C20H26N4O3/c1-21-6-9-27-20-13-18(24-7-10-26-11-8-24)12-17(23-20)15-22-14-16-2-4-19(25)5-3-16/h2-5,12-13,15,21,25H,6-11,14H2,1H3. The first kappa shape index (κ1) is 19.1. The van der Waals surface area contributed by atoms with Gasteiger partial charge in [0.1, 0.15) is 12.4 Å². The van der Waals surface area contributed by atoms with Crippen molar-refractivity contribution in [2.75, 3.05) is 51.4 Å². The third kappa shape index (κ3) is 5.94. The Kier molecular flexibility index (Phi) is 7.01. The number of likely N-dealkylation sites (N-methyl/N-ethyl adjacent to an activating group) is 1. The number of ether oxygens (including phenoxy) is 2. The molecule has 1 aliphatic heterocycles. The highest BCUT2D eigenvalue weighted by atomic mass is 16.5. The molecule has 0 atom stereocenters. The van der Waals surface area contributed by atoms with Gasteiger partial charge in [-0.2, -0.15) is 0 Å². The van der Waals surface area contributed by atoms with Gasteiger partial charge in [0.25, 0.3) is 0 Å². The lowest BCUT2D eigenvalue weighted by Crippen LogP contribution is -2.36. The van der Waals surface area contributed by atoms with Crippen LogP contribution in [0, 0.1) is 0 Å². The number of hydrogen-bond donors (Lipinski definition) is 2. The number of aliphatic imine (C=N–C) groups is 1. The summed E-state index contributed by atoms with van der Waals surface area (Å²) in [6, 6.07) is 11.0. The van der Waals surface area contributed by atoms with Crippen molar-refractivity contribution in [3.05, 3.63) is 47.7 Å². The Morgan fingerprint density at radius 1 is 1.26 bits per heavy atom. The average Bonchev–Trinajstić information content (AvgIpc) is 2.70. The van der Waals surface area contributed by atoms with Gasteiger partial charge in [0.15, 0.2) is 0 Å². The number of nitrogens with zero attached hydrogens (tertiary/aromatic N) is 3. The molecule has 3 rings (SSSR count). The minimum absolute atomic E-state index is 0.256. The first-order valence-corrected chi connectivity index (χ1v) is 9.14. The highest BCUT2D eigenvalue weighted by Crippen LogP contribution is 2.22. The van der Waals surface area contributed by atoms with Crippen molar-refractivity contribution >= 4 is 11.9 Å². The molecule has 2 heterocycles. The quantitative estimate of drug-likeness (QED) is 0.545. The van der Waals surface area contributed by atoms with Crippen LogP contribution in [0.15, 0.2) is 41.4 Å². The van der Waals surface area contributed by atoms with Crippen molar-refractivity contribution in [2.45, 2.75) is 6.54 Å². The Morgan fingerprint density at radius 2 is 2.04 bits per heavy atom. The number of anilines is 1. The van der Waals surface area contributed by atoms with E-state index in [1.165, 1.54) is 0 Å². The zero-order valence-electron chi connectivity index (χ0n) is 15.6. The normalized spacial score (nSPS) is 14.6. The van der Waals surface area contributed by atoms with Gasteiger partial charge in [0.2, 0.25) is 5.88 Å². The lowest BCUT2D eigenvalue weighted by Gasteiger charge is -2.29. The molecule has 7 nitrogen and oxygen atoms in total. The fourth-order valence-corrected chi connectivity index (χ4v) is 2.76. The highest BCUT2D eigenvalue weighted by Gasteiger charge is 2.13. The number of phenolic OH excluding ortho intramolecular Hbond substituents is 1. The van der Waals surface area contributed by atoms with Gasteiger partial charge in [-0.15, -0.1) is 0 Å². The SMILES string of the molecule is CNCCOc1cc(N2CCOCC2)cc(C=NCc2ccc(O)cc2)n1. The van der Waals surface area contributed by atoms with Gasteiger partial charge in [0.05, 0.1) is 25.5 Å². The molecule has 2 N–H and O–H groups in total. The number of hydrogen-bond acceptors (Lipinski definition) is 7. The third-order valence-corrected chi connectivity index (χ3v) is 4.22. The Bertz CT molecular complexity index is 743. The Labute approximate surface area is 159 Å².